The van der Waals surface area contributed by atoms with E-state index in [0.29, 0.717) is 26.9 Å². The van der Waals surface area contributed by atoms with Crippen LogP contribution in [-0.2, 0) is 0 Å². The largest absolute Gasteiger partial charge is 0.281 e. The Morgan fingerprint density at radius 1 is 1.28 bits per heavy atom. The van der Waals surface area contributed by atoms with Crippen molar-refractivity contribution in [3.8, 4) is 6.07 Å². The maximum atomic E-state index is 9.23. The fourth-order valence-corrected chi connectivity index (χ4v) is 2.57. The number of fused-ring (bicyclic) bond motifs is 3. The van der Waals surface area contributed by atoms with Gasteiger partial charge in [0.25, 0.3) is 0 Å². The molecule has 18 heavy (non-hydrogen) atoms. The fourth-order valence-electron chi connectivity index (χ4n) is 2.04. The van der Waals surface area contributed by atoms with Gasteiger partial charge in [-0.3, -0.25) is 4.40 Å². The molecule has 0 unspecified atom stereocenters. The molecule has 0 saturated heterocycles. The van der Waals surface area contributed by atoms with Crippen LogP contribution in [0.1, 0.15) is 11.1 Å². The molecule has 2 heterocycles. The van der Waals surface area contributed by atoms with Crippen LogP contribution < -0.4 is 0 Å². The van der Waals surface area contributed by atoms with Crippen molar-refractivity contribution in [1.82, 2.24) is 9.38 Å². The first-order chi connectivity index (χ1) is 8.65. The third-order valence-electron chi connectivity index (χ3n) is 2.95. The molecule has 1 aromatic carbocycles. The lowest BCUT2D eigenvalue weighted by Gasteiger charge is -2.07. The predicted octanol–water partition coefficient (Wildman–Crippen LogP) is 3.97. The number of hydrogen-bond donors (Lipinski definition) is 0. The second kappa shape index (κ2) is 3.88. The van der Waals surface area contributed by atoms with Crippen LogP contribution in [0.25, 0.3) is 16.7 Å². The zero-order valence-corrected chi connectivity index (χ0v) is 10.9. The molecular formula is C13H7Cl2N3. The Morgan fingerprint density at radius 3 is 2.72 bits per heavy atom. The molecule has 0 aliphatic heterocycles. The van der Waals surface area contributed by atoms with Crippen LogP contribution in [0.2, 0.25) is 10.2 Å². The van der Waals surface area contributed by atoms with E-state index in [1.165, 1.54) is 0 Å². The summed E-state index contributed by atoms with van der Waals surface area (Å²) in [7, 11) is 0. The lowest BCUT2D eigenvalue weighted by molar-refractivity contribution is 1.18. The first-order valence-electron chi connectivity index (χ1n) is 5.30. The number of nitrogens with zero attached hydrogens (tertiary/aromatic N) is 3. The average molecular weight is 276 g/mol. The molecule has 0 saturated carbocycles. The van der Waals surface area contributed by atoms with Gasteiger partial charge in [0.1, 0.15) is 16.8 Å². The van der Waals surface area contributed by atoms with E-state index in [1.807, 2.05) is 24.3 Å². The van der Waals surface area contributed by atoms with Gasteiger partial charge >= 0.3 is 0 Å². The Morgan fingerprint density at radius 2 is 2.00 bits per heavy atom. The van der Waals surface area contributed by atoms with Crippen molar-refractivity contribution in [2.75, 3.05) is 0 Å². The summed E-state index contributed by atoms with van der Waals surface area (Å²) in [5, 5.41) is 10.1. The van der Waals surface area contributed by atoms with Crippen LogP contribution >= 0.6 is 23.2 Å². The average Bonchev–Trinajstić information content (AvgIpc) is 2.76. The van der Waals surface area contributed by atoms with Crippen molar-refractivity contribution in [2.24, 2.45) is 0 Å². The molecule has 0 spiro atoms. The number of rotatable bonds is 0. The van der Waals surface area contributed by atoms with Gasteiger partial charge < -0.3 is 0 Å². The fraction of sp³-hybridized carbons (Fsp3) is 0.0769. The van der Waals surface area contributed by atoms with Crippen molar-refractivity contribution in [3.63, 3.8) is 0 Å². The number of hydrogen-bond acceptors (Lipinski definition) is 2. The van der Waals surface area contributed by atoms with Gasteiger partial charge in [-0.15, -0.1) is 0 Å². The van der Waals surface area contributed by atoms with Crippen LogP contribution in [0.5, 0.6) is 0 Å². The number of halogens is 2. The quantitative estimate of drug-likeness (QED) is 0.583. The first kappa shape index (κ1) is 11.3. The summed E-state index contributed by atoms with van der Waals surface area (Å²) in [5.74, 6) is 0. The Balaban J connectivity index is 2.69. The van der Waals surface area contributed by atoms with Gasteiger partial charge in [-0.1, -0.05) is 35.3 Å². The minimum Gasteiger partial charge on any atom is -0.281 e. The molecule has 0 aliphatic rings. The second-order valence-electron chi connectivity index (χ2n) is 3.98. The van der Waals surface area contributed by atoms with Gasteiger partial charge in [0.15, 0.2) is 5.65 Å². The Labute approximate surface area is 113 Å². The monoisotopic (exact) mass is 275 g/mol. The normalized spacial score (nSPS) is 11.0. The minimum absolute atomic E-state index is 0.356. The molecule has 0 aliphatic carbocycles. The summed E-state index contributed by atoms with van der Waals surface area (Å²) in [5.41, 5.74) is 3.20. The molecule has 0 radical (unpaired) electrons. The highest BCUT2D eigenvalue weighted by atomic mass is 35.5. The van der Waals surface area contributed by atoms with Crippen molar-refractivity contribution >= 4 is 39.9 Å². The highest BCUT2D eigenvalue weighted by molar-refractivity contribution is 6.37. The summed E-state index contributed by atoms with van der Waals surface area (Å²) in [6.45, 7) is 1.79. The van der Waals surface area contributed by atoms with E-state index in [0.717, 1.165) is 11.0 Å². The summed E-state index contributed by atoms with van der Waals surface area (Å²) in [4.78, 5) is 4.42. The second-order valence-corrected chi connectivity index (χ2v) is 4.71. The molecule has 88 valence electrons. The van der Waals surface area contributed by atoms with Gasteiger partial charge in [0.05, 0.1) is 16.1 Å². The third-order valence-corrected chi connectivity index (χ3v) is 3.88. The third kappa shape index (κ3) is 1.34. The number of benzene rings is 1. The number of para-hydroxylation sites is 2. The number of aromatic nitrogens is 2. The van der Waals surface area contributed by atoms with Crippen LogP contribution in [0.15, 0.2) is 24.3 Å². The summed E-state index contributed by atoms with van der Waals surface area (Å²) >= 11 is 12.5. The molecule has 0 N–H and O–H groups in total. The van der Waals surface area contributed by atoms with Gasteiger partial charge in [-0.25, -0.2) is 4.98 Å². The first-order valence-corrected chi connectivity index (χ1v) is 6.05. The summed E-state index contributed by atoms with van der Waals surface area (Å²) < 4.78 is 1.76. The highest BCUT2D eigenvalue weighted by Crippen LogP contribution is 2.32. The molecule has 0 amide bonds. The Hall–Kier alpha value is -1.76. The molecule has 0 fully saturated rings. The molecule has 5 heteroatoms. The molecule has 3 nitrogen and oxygen atoms in total. The van der Waals surface area contributed by atoms with E-state index in [4.69, 9.17) is 23.2 Å². The molecular weight excluding hydrogens is 269 g/mol. The minimum atomic E-state index is 0.356. The number of imidazole rings is 1. The summed E-state index contributed by atoms with van der Waals surface area (Å²) in [6.07, 6.45) is 0. The molecule has 0 atom stereocenters. The standard InChI is InChI=1S/C13H7Cl2N3/c1-7-11(14)8(6-16)13-17-9-4-2-3-5-10(9)18(13)12(7)15/h2-5H,1H3. The number of pyridine rings is 1. The maximum Gasteiger partial charge on any atom is 0.158 e. The van der Waals surface area contributed by atoms with Crippen molar-refractivity contribution in [2.45, 2.75) is 6.92 Å². The van der Waals surface area contributed by atoms with E-state index >= 15 is 0 Å². The number of nitriles is 1. The van der Waals surface area contributed by atoms with Crippen molar-refractivity contribution in [1.29, 1.82) is 5.26 Å². The SMILES string of the molecule is Cc1c(Cl)c(C#N)c2nc3ccccc3n2c1Cl. The van der Waals surface area contributed by atoms with Crippen LogP contribution in [0, 0.1) is 18.3 Å². The van der Waals surface area contributed by atoms with Crippen LogP contribution in [0.4, 0.5) is 0 Å². The lowest BCUT2D eigenvalue weighted by atomic mass is 10.2. The van der Waals surface area contributed by atoms with E-state index in [9.17, 15) is 5.26 Å². The van der Waals surface area contributed by atoms with Crippen LogP contribution in [0.3, 0.4) is 0 Å². The molecule has 3 aromatic rings. The summed E-state index contributed by atoms with van der Waals surface area (Å²) in [6, 6.07) is 9.68. The van der Waals surface area contributed by atoms with E-state index in [-0.39, 0.29) is 0 Å². The predicted molar refractivity (Wildman–Crippen MR) is 72.2 cm³/mol. The van der Waals surface area contributed by atoms with Crippen molar-refractivity contribution < 1.29 is 0 Å². The van der Waals surface area contributed by atoms with Gasteiger partial charge in [0, 0.05) is 5.56 Å². The van der Waals surface area contributed by atoms with Crippen LogP contribution in [-0.4, -0.2) is 9.38 Å². The molecule has 0 bridgehead atoms. The molecule has 2 aromatic heterocycles. The Kier molecular flexibility index (Phi) is 2.44. The Bertz CT molecular complexity index is 828. The van der Waals surface area contributed by atoms with Gasteiger partial charge in [-0.05, 0) is 19.1 Å². The zero-order valence-electron chi connectivity index (χ0n) is 9.41. The van der Waals surface area contributed by atoms with Gasteiger partial charge in [0.2, 0.25) is 0 Å². The van der Waals surface area contributed by atoms with E-state index in [1.54, 1.807) is 11.3 Å². The molecule has 3 rings (SSSR count). The van der Waals surface area contributed by atoms with E-state index in [2.05, 4.69) is 11.1 Å². The maximum absolute atomic E-state index is 9.23. The van der Waals surface area contributed by atoms with Gasteiger partial charge in [-0.2, -0.15) is 5.26 Å². The van der Waals surface area contributed by atoms with Crippen molar-refractivity contribution in [3.05, 3.63) is 45.6 Å². The topological polar surface area (TPSA) is 41.1 Å². The zero-order chi connectivity index (χ0) is 12.9. The van der Waals surface area contributed by atoms with E-state index < -0.39 is 0 Å². The lowest BCUT2D eigenvalue weighted by Crippen LogP contribution is -1.96. The smallest absolute Gasteiger partial charge is 0.158 e. The highest BCUT2D eigenvalue weighted by Gasteiger charge is 2.18.